The Balaban J connectivity index is 0.706. The van der Waals surface area contributed by atoms with Crippen LogP contribution in [-0.2, 0) is 16.8 Å². The second-order valence-corrected chi connectivity index (χ2v) is 17.6. The van der Waals surface area contributed by atoms with Crippen LogP contribution in [0.5, 0.6) is 0 Å². The maximum absolute atomic E-state index is 13.5. The Hall–Kier alpha value is -6.82. The van der Waals surface area contributed by atoms with Crippen molar-refractivity contribution in [3.63, 3.8) is 0 Å². The topological polar surface area (TPSA) is 169 Å². The largest absolute Gasteiger partial charge is 0.403 e. The summed E-state index contributed by atoms with van der Waals surface area (Å²) in [5.74, 6) is -1.29. The van der Waals surface area contributed by atoms with Crippen LogP contribution in [0.1, 0.15) is 59.7 Å². The number of imide groups is 1. The number of H-pyrrole nitrogens is 1. The number of amides is 4. The van der Waals surface area contributed by atoms with Gasteiger partial charge in [0.05, 0.1) is 5.69 Å². The summed E-state index contributed by atoms with van der Waals surface area (Å²) in [5.41, 5.74) is 7.02. The van der Waals surface area contributed by atoms with E-state index in [0.717, 1.165) is 109 Å². The lowest BCUT2D eigenvalue weighted by Gasteiger charge is -2.40. The average molecular weight is 888 g/mol. The molecule has 0 bridgehead atoms. The van der Waals surface area contributed by atoms with Gasteiger partial charge in [-0.15, -0.1) is 0 Å². The number of piperidine rings is 1. The molecule has 1 aliphatic carbocycles. The van der Waals surface area contributed by atoms with E-state index >= 15 is 0 Å². The smallest absolute Gasteiger partial charge is 0.372 e. The zero-order chi connectivity index (χ0) is 44.9. The molecule has 0 spiro atoms. The monoisotopic (exact) mass is 887 g/mol. The lowest BCUT2D eigenvalue weighted by Crippen LogP contribution is -2.49. The minimum absolute atomic E-state index is 0.120. The van der Waals surface area contributed by atoms with Crippen molar-refractivity contribution in [2.45, 2.75) is 57.2 Å². The Bertz CT molecular complexity index is 2730. The average Bonchev–Trinajstić information content (AvgIpc) is 3.80. The molecule has 0 unspecified atom stereocenters. The molecule has 3 aromatic heterocycles. The van der Waals surface area contributed by atoms with Crippen LogP contribution in [-0.4, -0.2) is 107 Å². The van der Waals surface area contributed by atoms with E-state index < -0.39 is 29.2 Å². The van der Waals surface area contributed by atoms with Crippen LogP contribution in [0.2, 0.25) is 0 Å². The fraction of sp³-hybridized carbons (Fsp3) is 0.383. The van der Waals surface area contributed by atoms with Crippen LogP contribution >= 0.6 is 0 Å². The van der Waals surface area contributed by atoms with Crippen molar-refractivity contribution in [2.24, 2.45) is 5.92 Å². The number of aromatic amines is 1. The van der Waals surface area contributed by atoms with Crippen LogP contribution in [0, 0.1) is 12.8 Å². The molecule has 6 aromatic rings. The molecule has 4 aliphatic rings. The number of halogens is 3. The molecule has 0 radical (unpaired) electrons. The van der Waals surface area contributed by atoms with Crippen molar-refractivity contribution in [3.8, 4) is 22.4 Å². The zero-order valence-electron chi connectivity index (χ0n) is 35.8. The molecule has 4 fully saturated rings. The molecule has 3 N–H and O–H groups in total. The molecule has 18 heteroatoms. The fourth-order valence-corrected chi connectivity index (χ4v) is 9.28. The van der Waals surface area contributed by atoms with E-state index in [1.54, 1.807) is 4.90 Å². The van der Waals surface area contributed by atoms with Crippen LogP contribution in [0.15, 0.2) is 83.5 Å². The first-order chi connectivity index (χ1) is 31.4. The number of carbonyl (C=O) groups excluding carboxylic acids is 3. The molecular weight excluding hydrogens is 840 g/mol. The number of pyridine rings is 1. The third-order valence-corrected chi connectivity index (χ3v) is 13.5. The molecule has 3 saturated heterocycles. The number of fused-ring (bicyclic) bond motifs is 1. The second-order valence-electron chi connectivity index (χ2n) is 17.6. The van der Waals surface area contributed by atoms with Gasteiger partial charge in [-0.3, -0.25) is 29.8 Å². The molecule has 3 aromatic carbocycles. The van der Waals surface area contributed by atoms with Crippen molar-refractivity contribution in [1.82, 2.24) is 40.9 Å². The van der Waals surface area contributed by atoms with Crippen molar-refractivity contribution in [2.75, 3.05) is 67.1 Å². The first kappa shape index (κ1) is 42.1. The number of urea groups is 1. The third kappa shape index (κ3) is 8.49. The molecule has 1 saturated carbocycles. The SMILES string of the molecule is Cc1cc(-c2[nH]nc3ncc(-c4ccc(N5CCN(CC6CCN(c7ccc(N8CCC(=O)NC8=O)cc7)CC6)CC5)cc4)cc23)ccc1CNC(=O)c1noc(C2(C(F)(F)F)CC2)n1. The molecule has 65 heavy (non-hydrogen) atoms. The third-order valence-electron chi connectivity index (χ3n) is 13.5. The predicted molar refractivity (Wildman–Crippen MR) is 237 cm³/mol. The number of aromatic nitrogens is 5. The first-order valence-electron chi connectivity index (χ1n) is 22.1. The highest BCUT2D eigenvalue weighted by Crippen LogP contribution is 2.58. The van der Waals surface area contributed by atoms with Gasteiger partial charge in [0.2, 0.25) is 11.8 Å². The maximum Gasteiger partial charge on any atom is 0.403 e. The summed E-state index contributed by atoms with van der Waals surface area (Å²) in [6.45, 7) is 9.54. The van der Waals surface area contributed by atoms with Gasteiger partial charge in [-0.2, -0.15) is 23.3 Å². The minimum Gasteiger partial charge on any atom is -0.372 e. The zero-order valence-corrected chi connectivity index (χ0v) is 35.8. The summed E-state index contributed by atoms with van der Waals surface area (Å²) >= 11 is 0. The maximum atomic E-state index is 13.5. The van der Waals surface area contributed by atoms with E-state index in [0.29, 0.717) is 24.5 Å². The highest BCUT2D eigenvalue weighted by Gasteiger charge is 2.68. The summed E-state index contributed by atoms with van der Waals surface area (Å²) in [6.07, 6.45) is -0.364. The Kier molecular flexibility index (Phi) is 11.0. The summed E-state index contributed by atoms with van der Waals surface area (Å²) in [4.78, 5) is 54.0. The Labute approximate surface area is 372 Å². The van der Waals surface area contributed by atoms with Crippen LogP contribution in [0.4, 0.5) is 35.0 Å². The van der Waals surface area contributed by atoms with E-state index in [9.17, 15) is 27.6 Å². The predicted octanol–water partition coefficient (Wildman–Crippen LogP) is 6.99. The summed E-state index contributed by atoms with van der Waals surface area (Å²) in [6, 6.07) is 24.2. The highest BCUT2D eigenvalue weighted by molar-refractivity contribution is 6.05. The number of nitrogens with zero attached hydrogens (tertiary/aromatic N) is 8. The van der Waals surface area contributed by atoms with Gasteiger partial charge in [0.25, 0.3) is 11.7 Å². The summed E-state index contributed by atoms with van der Waals surface area (Å²) in [7, 11) is 0. The van der Waals surface area contributed by atoms with Gasteiger partial charge in [-0.1, -0.05) is 29.4 Å². The van der Waals surface area contributed by atoms with Gasteiger partial charge in [-0.05, 0) is 104 Å². The fourth-order valence-electron chi connectivity index (χ4n) is 9.28. The number of anilines is 3. The molecular formula is C47H48F3N11O4. The molecule has 6 heterocycles. The Morgan fingerprint density at radius 1 is 0.846 bits per heavy atom. The van der Waals surface area contributed by atoms with Gasteiger partial charge in [0.1, 0.15) is 5.41 Å². The number of piperazine rings is 1. The molecule has 0 atom stereocenters. The molecule has 4 amide bonds. The Morgan fingerprint density at radius 2 is 1.52 bits per heavy atom. The number of hydrogen-bond acceptors (Lipinski definition) is 11. The van der Waals surface area contributed by atoms with Crippen molar-refractivity contribution < 1.29 is 32.1 Å². The van der Waals surface area contributed by atoms with Crippen molar-refractivity contribution in [1.29, 1.82) is 0 Å². The first-order valence-corrected chi connectivity index (χ1v) is 22.1. The molecule has 15 nitrogen and oxygen atoms in total. The van der Waals surface area contributed by atoms with E-state index in [4.69, 9.17) is 4.52 Å². The number of carbonyl (C=O) groups is 3. The normalized spacial score (nSPS) is 18.3. The number of rotatable bonds is 11. The standard InChI is InChI=1S/C47H48F3N11O4/c1-29-24-32(2-3-33(29)26-52-43(63)42-54-44(65-57-42)46(15-16-46)47(48,49)50)40-38-25-34(27-51-41(38)56-55-40)31-4-6-35(7-5-31)60-22-20-58(21-23-60)28-30-12-17-59(18-13-30)36-8-10-37(11-9-36)61-19-14-39(62)53-45(61)64/h2-11,24-25,27,30H,12-23,26,28H2,1H3,(H,52,63)(H,51,55,56)(H,53,62,64). The van der Waals surface area contributed by atoms with Crippen molar-refractivity contribution in [3.05, 3.63) is 102 Å². The van der Waals surface area contributed by atoms with Gasteiger partial charge in [-0.25, -0.2) is 9.78 Å². The van der Waals surface area contributed by atoms with Crippen molar-refractivity contribution >= 4 is 45.9 Å². The van der Waals surface area contributed by atoms with E-state index in [1.807, 2.05) is 43.5 Å². The van der Waals surface area contributed by atoms with E-state index in [1.165, 1.54) is 5.69 Å². The molecule has 10 rings (SSSR count). The summed E-state index contributed by atoms with van der Waals surface area (Å²) < 4.78 is 45.3. The molecule has 336 valence electrons. The van der Waals surface area contributed by atoms with E-state index in [2.05, 4.69) is 93.1 Å². The number of aryl methyl sites for hydroxylation is 1. The minimum atomic E-state index is -4.52. The number of nitrogens with one attached hydrogen (secondary N) is 3. The highest BCUT2D eigenvalue weighted by atomic mass is 19.4. The van der Waals surface area contributed by atoms with Gasteiger partial charge < -0.3 is 19.6 Å². The number of alkyl halides is 3. The number of benzene rings is 3. The van der Waals surface area contributed by atoms with E-state index in [-0.39, 0.29) is 31.3 Å². The Morgan fingerprint density at radius 3 is 2.20 bits per heavy atom. The second kappa shape index (κ2) is 17.0. The lowest BCUT2D eigenvalue weighted by atomic mass is 9.95. The molecule has 3 aliphatic heterocycles. The van der Waals surface area contributed by atoms with Gasteiger partial charge in [0, 0.05) is 105 Å². The van der Waals surface area contributed by atoms with Crippen LogP contribution in [0.3, 0.4) is 0 Å². The quantitative estimate of drug-likeness (QED) is 0.123. The van der Waals surface area contributed by atoms with Crippen LogP contribution < -0.4 is 25.3 Å². The lowest BCUT2D eigenvalue weighted by molar-refractivity contribution is -0.166. The number of hydrogen-bond donors (Lipinski definition) is 3. The van der Waals surface area contributed by atoms with Gasteiger partial charge >= 0.3 is 12.2 Å². The van der Waals surface area contributed by atoms with Crippen LogP contribution in [0.25, 0.3) is 33.4 Å². The van der Waals surface area contributed by atoms with Gasteiger partial charge in [0.15, 0.2) is 5.65 Å². The summed E-state index contributed by atoms with van der Waals surface area (Å²) in [5, 5.41) is 17.0.